The molecule has 0 fully saturated rings. The summed E-state index contributed by atoms with van der Waals surface area (Å²) < 4.78 is 0. The van der Waals surface area contributed by atoms with Crippen molar-refractivity contribution in [3.05, 3.63) is 49.1 Å². The summed E-state index contributed by atoms with van der Waals surface area (Å²) in [5, 5.41) is 0. The van der Waals surface area contributed by atoms with Crippen LogP contribution in [0.3, 0.4) is 0 Å². The smallest absolute Gasteiger partial charge is 0.0348 e. The van der Waals surface area contributed by atoms with Gasteiger partial charge < -0.3 is 0 Å². The minimum absolute atomic E-state index is 1.22. The van der Waals surface area contributed by atoms with Gasteiger partial charge in [0.25, 0.3) is 0 Å². The van der Waals surface area contributed by atoms with E-state index in [1.54, 1.807) is 6.08 Å². The van der Waals surface area contributed by atoms with Gasteiger partial charge in [0.05, 0.1) is 0 Å². The predicted octanol–water partition coefficient (Wildman–Crippen LogP) is 8.71. The first kappa shape index (κ1) is 23.0. The normalized spacial score (nSPS) is 12.0. The maximum atomic E-state index is 3.64. The standard InChI is InChI=1S/C24H42/c1-3-5-7-9-11-13-15-17-19-21-23-24-22-20-18-16-14-12-10-8-6-4-2/h3,5,7,9,11,13,15H,1,4,6,8,10,12,14,16-24H2,2H3. The highest BCUT2D eigenvalue weighted by Crippen LogP contribution is 2.13. The third kappa shape index (κ3) is 21.0. The van der Waals surface area contributed by atoms with E-state index in [1.165, 1.54) is 96.3 Å². The molecule has 0 radical (unpaired) electrons. The lowest BCUT2D eigenvalue weighted by Crippen LogP contribution is -1.83. The lowest BCUT2D eigenvalue weighted by atomic mass is 10.0. The van der Waals surface area contributed by atoms with Crippen LogP contribution >= 0.6 is 0 Å². The summed E-state index contributed by atoms with van der Waals surface area (Å²) in [5.41, 5.74) is 0. The SMILES string of the molecule is C=CC=CC=CC=CCCCCCCCCCCCCCCCC. The average Bonchev–Trinajstić information content (AvgIpc) is 2.60. The van der Waals surface area contributed by atoms with Crippen LogP contribution in [0.25, 0.3) is 0 Å². The Morgan fingerprint density at radius 2 is 0.917 bits per heavy atom. The minimum atomic E-state index is 1.22. The van der Waals surface area contributed by atoms with E-state index in [0.717, 1.165) is 0 Å². The first-order valence-electron chi connectivity index (χ1n) is 10.5. The fourth-order valence-corrected chi connectivity index (χ4v) is 2.90. The van der Waals surface area contributed by atoms with Crippen molar-refractivity contribution in [1.82, 2.24) is 0 Å². The summed E-state index contributed by atoms with van der Waals surface area (Å²) in [6, 6.07) is 0. The number of unbranched alkanes of at least 4 members (excludes halogenated alkanes) is 14. The highest BCUT2D eigenvalue weighted by molar-refractivity contribution is 5.14. The largest absolute Gasteiger partial charge is 0.0991 e. The van der Waals surface area contributed by atoms with Gasteiger partial charge in [-0.2, -0.15) is 0 Å². The zero-order valence-corrected chi connectivity index (χ0v) is 16.4. The van der Waals surface area contributed by atoms with E-state index < -0.39 is 0 Å². The maximum absolute atomic E-state index is 3.64. The zero-order chi connectivity index (χ0) is 17.6. The van der Waals surface area contributed by atoms with E-state index in [4.69, 9.17) is 0 Å². The van der Waals surface area contributed by atoms with Crippen molar-refractivity contribution in [1.29, 1.82) is 0 Å². The van der Waals surface area contributed by atoms with Crippen LogP contribution in [0.5, 0.6) is 0 Å². The van der Waals surface area contributed by atoms with Crippen LogP contribution in [-0.2, 0) is 0 Å². The number of hydrogen-bond donors (Lipinski definition) is 0. The molecule has 24 heavy (non-hydrogen) atoms. The van der Waals surface area contributed by atoms with Crippen molar-refractivity contribution in [3.8, 4) is 0 Å². The molecule has 0 heteroatoms. The quantitative estimate of drug-likeness (QED) is 0.174. The van der Waals surface area contributed by atoms with Gasteiger partial charge in [-0.25, -0.2) is 0 Å². The van der Waals surface area contributed by atoms with Gasteiger partial charge in [0.15, 0.2) is 0 Å². The molecular formula is C24H42. The van der Waals surface area contributed by atoms with Crippen LogP contribution < -0.4 is 0 Å². The molecule has 0 heterocycles. The van der Waals surface area contributed by atoms with Crippen LogP contribution in [-0.4, -0.2) is 0 Å². The van der Waals surface area contributed by atoms with Crippen LogP contribution in [0.2, 0.25) is 0 Å². The van der Waals surface area contributed by atoms with Crippen LogP contribution in [0.15, 0.2) is 49.1 Å². The molecule has 0 saturated carbocycles. The summed E-state index contributed by atoms with van der Waals surface area (Å²) in [4.78, 5) is 0. The Balaban J connectivity index is 3.12. The van der Waals surface area contributed by atoms with E-state index >= 15 is 0 Å². The molecule has 138 valence electrons. The van der Waals surface area contributed by atoms with E-state index in [1.807, 2.05) is 18.2 Å². The monoisotopic (exact) mass is 330 g/mol. The molecule has 0 spiro atoms. The van der Waals surface area contributed by atoms with Gasteiger partial charge in [0.2, 0.25) is 0 Å². The molecule has 0 aromatic rings. The lowest BCUT2D eigenvalue weighted by molar-refractivity contribution is 0.536. The number of rotatable bonds is 18. The summed E-state index contributed by atoms with van der Waals surface area (Å²) in [6.07, 6.45) is 35.6. The van der Waals surface area contributed by atoms with Crippen molar-refractivity contribution in [2.45, 2.75) is 103 Å². The fraction of sp³-hybridized carbons (Fsp3) is 0.667. The van der Waals surface area contributed by atoms with Gasteiger partial charge >= 0.3 is 0 Å². The first-order chi connectivity index (χ1) is 11.9. The molecule has 0 rings (SSSR count). The van der Waals surface area contributed by atoms with Crippen molar-refractivity contribution < 1.29 is 0 Å². The topological polar surface area (TPSA) is 0 Å². The Bertz CT molecular complexity index is 319. The molecular weight excluding hydrogens is 288 g/mol. The number of allylic oxidation sites excluding steroid dienone is 7. The predicted molar refractivity (Wildman–Crippen MR) is 113 cm³/mol. The molecule has 0 bridgehead atoms. The van der Waals surface area contributed by atoms with Crippen LogP contribution in [0, 0.1) is 0 Å². The molecule has 0 amide bonds. The summed E-state index contributed by atoms with van der Waals surface area (Å²) in [5.74, 6) is 0. The van der Waals surface area contributed by atoms with E-state index in [9.17, 15) is 0 Å². The van der Waals surface area contributed by atoms with E-state index in [0.29, 0.717) is 0 Å². The molecule has 0 aromatic heterocycles. The number of hydrogen-bond acceptors (Lipinski definition) is 0. The van der Waals surface area contributed by atoms with Gasteiger partial charge in [-0.15, -0.1) is 0 Å². The van der Waals surface area contributed by atoms with Gasteiger partial charge in [-0.3, -0.25) is 0 Å². The fourth-order valence-electron chi connectivity index (χ4n) is 2.90. The Labute approximate surface area is 152 Å². The molecule has 0 aliphatic heterocycles. The van der Waals surface area contributed by atoms with Crippen LogP contribution in [0.4, 0.5) is 0 Å². The van der Waals surface area contributed by atoms with Gasteiger partial charge in [-0.1, -0.05) is 140 Å². The summed E-state index contributed by atoms with van der Waals surface area (Å²) >= 11 is 0. The van der Waals surface area contributed by atoms with Crippen molar-refractivity contribution in [2.75, 3.05) is 0 Å². The molecule has 0 N–H and O–H groups in total. The molecule has 0 unspecified atom stereocenters. The Morgan fingerprint density at radius 1 is 0.500 bits per heavy atom. The van der Waals surface area contributed by atoms with Gasteiger partial charge in [0.1, 0.15) is 0 Å². The zero-order valence-electron chi connectivity index (χ0n) is 16.4. The van der Waals surface area contributed by atoms with Crippen molar-refractivity contribution in [3.63, 3.8) is 0 Å². The average molecular weight is 331 g/mol. The van der Waals surface area contributed by atoms with Crippen molar-refractivity contribution >= 4 is 0 Å². The Morgan fingerprint density at radius 3 is 1.42 bits per heavy atom. The maximum Gasteiger partial charge on any atom is -0.0348 e. The molecule has 0 atom stereocenters. The van der Waals surface area contributed by atoms with E-state index in [2.05, 4.69) is 31.7 Å². The third-order valence-corrected chi connectivity index (χ3v) is 4.44. The van der Waals surface area contributed by atoms with E-state index in [-0.39, 0.29) is 0 Å². The highest BCUT2D eigenvalue weighted by Gasteiger charge is 1.93. The molecule has 0 aromatic carbocycles. The second kappa shape index (κ2) is 22.0. The van der Waals surface area contributed by atoms with Crippen molar-refractivity contribution in [2.24, 2.45) is 0 Å². The lowest BCUT2D eigenvalue weighted by Gasteiger charge is -2.02. The highest BCUT2D eigenvalue weighted by atomic mass is 14.0. The van der Waals surface area contributed by atoms with Gasteiger partial charge in [0, 0.05) is 0 Å². The molecule has 0 aliphatic rings. The Kier molecular flexibility index (Phi) is 21.0. The summed E-state index contributed by atoms with van der Waals surface area (Å²) in [7, 11) is 0. The third-order valence-electron chi connectivity index (χ3n) is 4.44. The van der Waals surface area contributed by atoms with Crippen LogP contribution in [0.1, 0.15) is 103 Å². The van der Waals surface area contributed by atoms with Gasteiger partial charge in [-0.05, 0) is 12.8 Å². The Hall–Kier alpha value is -1.04. The molecule has 0 saturated heterocycles. The second-order valence-corrected chi connectivity index (χ2v) is 6.82. The minimum Gasteiger partial charge on any atom is -0.0991 e. The molecule has 0 nitrogen and oxygen atoms in total. The molecule has 0 aliphatic carbocycles. The first-order valence-corrected chi connectivity index (χ1v) is 10.5. The second-order valence-electron chi connectivity index (χ2n) is 6.82. The summed E-state index contributed by atoms with van der Waals surface area (Å²) in [6.45, 7) is 5.93.